The molecule has 32 heavy (non-hydrogen) atoms. The van der Waals surface area contributed by atoms with Crippen molar-refractivity contribution in [3.63, 3.8) is 0 Å². The first-order chi connectivity index (χ1) is 15.5. The molecule has 0 fully saturated rings. The largest absolute Gasteiger partial charge is 0.496 e. The first kappa shape index (κ1) is 23.4. The highest BCUT2D eigenvalue weighted by atomic mass is 79.9. The number of amides is 1. The lowest BCUT2D eigenvalue weighted by molar-refractivity contribution is -0.128. The fourth-order valence-corrected chi connectivity index (χ4v) is 3.76. The van der Waals surface area contributed by atoms with Crippen molar-refractivity contribution in [3.05, 3.63) is 58.6 Å². The van der Waals surface area contributed by atoms with Gasteiger partial charge in [-0.15, -0.1) is 0 Å². The maximum atomic E-state index is 12.7. The summed E-state index contributed by atoms with van der Waals surface area (Å²) in [5, 5.41) is 6.17. The van der Waals surface area contributed by atoms with Gasteiger partial charge in [0, 0.05) is 11.6 Å². The Labute approximate surface area is 195 Å². The average Bonchev–Trinajstić information content (AvgIpc) is 2.83. The SMILES string of the molecule is CCC(Oc1ccc2ccccc2c1Br)C(=O)N/N=C/c1cc(OC)c(OC)cc1OC. The lowest BCUT2D eigenvalue weighted by Gasteiger charge is -2.17. The molecule has 0 saturated carbocycles. The van der Waals surface area contributed by atoms with Crippen LogP contribution in [0.15, 0.2) is 58.1 Å². The second kappa shape index (κ2) is 10.9. The number of ether oxygens (including phenoxy) is 4. The van der Waals surface area contributed by atoms with Gasteiger partial charge in [0.05, 0.1) is 32.0 Å². The molecule has 0 aromatic heterocycles. The molecule has 7 nitrogen and oxygen atoms in total. The molecule has 8 heteroatoms. The quantitative estimate of drug-likeness (QED) is 0.332. The number of fused-ring (bicyclic) bond motifs is 1. The van der Waals surface area contributed by atoms with E-state index in [0.29, 0.717) is 35.0 Å². The van der Waals surface area contributed by atoms with E-state index in [9.17, 15) is 4.79 Å². The van der Waals surface area contributed by atoms with E-state index in [1.165, 1.54) is 6.21 Å². The lowest BCUT2D eigenvalue weighted by Crippen LogP contribution is -2.35. The molecule has 1 amide bonds. The molecule has 0 aliphatic heterocycles. The molecule has 3 rings (SSSR count). The molecule has 0 bridgehead atoms. The van der Waals surface area contributed by atoms with Crippen LogP contribution in [0.3, 0.4) is 0 Å². The zero-order valence-corrected chi connectivity index (χ0v) is 19.9. The van der Waals surface area contributed by atoms with Crippen molar-refractivity contribution < 1.29 is 23.7 Å². The van der Waals surface area contributed by atoms with Crippen molar-refractivity contribution >= 4 is 38.8 Å². The minimum absolute atomic E-state index is 0.358. The number of carbonyl (C=O) groups is 1. The molecular formula is C24H25BrN2O5. The van der Waals surface area contributed by atoms with E-state index in [1.54, 1.807) is 33.5 Å². The van der Waals surface area contributed by atoms with Gasteiger partial charge in [-0.3, -0.25) is 4.79 Å². The van der Waals surface area contributed by atoms with Gasteiger partial charge in [0.25, 0.3) is 5.91 Å². The Morgan fingerprint density at radius 2 is 1.69 bits per heavy atom. The van der Waals surface area contributed by atoms with Crippen LogP contribution in [0.4, 0.5) is 0 Å². The van der Waals surface area contributed by atoms with Gasteiger partial charge in [0.15, 0.2) is 17.6 Å². The number of nitrogens with one attached hydrogen (secondary N) is 1. The summed E-state index contributed by atoms with van der Waals surface area (Å²) >= 11 is 3.59. The number of benzene rings is 3. The number of hydrogen-bond acceptors (Lipinski definition) is 6. The Morgan fingerprint density at radius 1 is 1.00 bits per heavy atom. The number of methoxy groups -OCH3 is 3. The van der Waals surface area contributed by atoms with Gasteiger partial charge >= 0.3 is 0 Å². The lowest BCUT2D eigenvalue weighted by atomic mass is 10.1. The van der Waals surface area contributed by atoms with E-state index in [4.69, 9.17) is 18.9 Å². The number of halogens is 1. The number of nitrogens with zero attached hydrogens (tertiary/aromatic N) is 1. The highest BCUT2D eigenvalue weighted by Gasteiger charge is 2.20. The van der Waals surface area contributed by atoms with Crippen molar-refractivity contribution in [1.82, 2.24) is 5.43 Å². The Bertz CT molecular complexity index is 1130. The first-order valence-electron chi connectivity index (χ1n) is 9.99. The summed E-state index contributed by atoms with van der Waals surface area (Å²) in [6.07, 6.45) is 1.24. The van der Waals surface area contributed by atoms with Crippen molar-refractivity contribution in [3.8, 4) is 23.0 Å². The standard InChI is InChI=1S/C24H25BrN2O5/c1-5-18(32-19-11-10-15-8-6-7-9-17(15)23(19)25)24(28)27-26-14-16-12-21(30-3)22(31-4)13-20(16)29-2/h6-14,18H,5H2,1-4H3,(H,27,28)/b26-14+. The maximum Gasteiger partial charge on any atom is 0.281 e. The van der Waals surface area contributed by atoms with Gasteiger partial charge in [-0.2, -0.15) is 5.10 Å². The third kappa shape index (κ3) is 5.13. The van der Waals surface area contributed by atoms with Gasteiger partial charge < -0.3 is 18.9 Å². The van der Waals surface area contributed by atoms with E-state index in [1.807, 2.05) is 43.3 Å². The Balaban J connectivity index is 1.73. The van der Waals surface area contributed by atoms with Gasteiger partial charge in [0.1, 0.15) is 11.5 Å². The minimum Gasteiger partial charge on any atom is -0.496 e. The molecule has 1 atom stereocenters. The van der Waals surface area contributed by atoms with Crippen molar-refractivity contribution in [2.75, 3.05) is 21.3 Å². The number of hydrazone groups is 1. The number of hydrogen-bond donors (Lipinski definition) is 1. The van der Waals surface area contributed by atoms with Crippen molar-refractivity contribution in [1.29, 1.82) is 0 Å². The fourth-order valence-electron chi connectivity index (χ4n) is 3.17. The zero-order chi connectivity index (χ0) is 23.1. The van der Waals surface area contributed by atoms with Gasteiger partial charge in [-0.05, 0) is 45.3 Å². The summed E-state index contributed by atoms with van der Waals surface area (Å²) in [6, 6.07) is 15.2. The van der Waals surface area contributed by atoms with Crippen LogP contribution in [-0.2, 0) is 4.79 Å². The molecule has 3 aromatic carbocycles. The van der Waals surface area contributed by atoms with Gasteiger partial charge in [-0.25, -0.2) is 5.43 Å². The molecule has 0 aliphatic rings. The van der Waals surface area contributed by atoms with Crippen LogP contribution in [0.5, 0.6) is 23.0 Å². The summed E-state index contributed by atoms with van der Waals surface area (Å²) in [6.45, 7) is 1.88. The van der Waals surface area contributed by atoms with Crippen LogP contribution in [0.25, 0.3) is 10.8 Å². The predicted octanol–water partition coefficient (Wildman–Crippen LogP) is 4.94. The van der Waals surface area contributed by atoms with Crippen LogP contribution in [0.1, 0.15) is 18.9 Å². The normalized spacial score (nSPS) is 11.9. The Kier molecular flexibility index (Phi) is 7.94. The molecular weight excluding hydrogens is 476 g/mol. The molecule has 0 aliphatic carbocycles. The topological polar surface area (TPSA) is 78.4 Å². The van der Waals surface area contributed by atoms with Crippen molar-refractivity contribution in [2.45, 2.75) is 19.4 Å². The summed E-state index contributed by atoms with van der Waals surface area (Å²) in [5.74, 6) is 1.83. The zero-order valence-electron chi connectivity index (χ0n) is 18.3. The van der Waals surface area contributed by atoms with Gasteiger partial charge in [0.2, 0.25) is 0 Å². The highest BCUT2D eigenvalue weighted by molar-refractivity contribution is 9.10. The van der Waals surface area contributed by atoms with E-state index in [-0.39, 0.29) is 5.91 Å². The first-order valence-corrected chi connectivity index (χ1v) is 10.8. The van der Waals surface area contributed by atoms with Crippen LogP contribution in [-0.4, -0.2) is 39.6 Å². The van der Waals surface area contributed by atoms with Crippen molar-refractivity contribution in [2.24, 2.45) is 5.10 Å². The second-order valence-electron chi connectivity index (χ2n) is 6.80. The Hall–Kier alpha value is -3.26. The van der Waals surface area contributed by atoms with Crippen LogP contribution in [0.2, 0.25) is 0 Å². The van der Waals surface area contributed by atoms with Crippen LogP contribution >= 0.6 is 15.9 Å². The summed E-state index contributed by atoms with van der Waals surface area (Å²) < 4.78 is 22.8. The number of rotatable bonds is 9. The summed E-state index contributed by atoms with van der Waals surface area (Å²) in [5.41, 5.74) is 3.16. The molecule has 1 unspecified atom stereocenters. The molecule has 1 N–H and O–H groups in total. The third-order valence-electron chi connectivity index (χ3n) is 4.87. The Morgan fingerprint density at radius 3 is 2.38 bits per heavy atom. The van der Waals surface area contributed by atoms with Crippen LogP contribution in [0, 0.1) is 0 Å². The summed E-state index contributed by atoms with van der Waals surface area (Å²) in [4.78, 5) is 12.7. The smallest absolute Gasteiger partial charge is 0.281 e. The average molecular weight is 501 g/mol. The molecule has 0 heterocycles. The summed E-state index contributed by atoms with van der Waals surface area (Å²) in [7, 11) is 4.63. The van der Waals surface area contributed by atoms with Gasteiger partial charge in [-0.1, -0.05) is 37.3 Å². The third-order valence-corrected chi connectivity index (χ3v) is 5.69. The van der Waals surface area contributed by atoms with E-state index < -0.39 is 6.10 Å². The molecule has 0 radical (unpaired) electrons. The monoisotopic (exact) mass is 500 g/mol. The molecule has 168 valence electrons. The minimum atomic E-state index is -0.711. The second-order valence-corrected chi connectivity index (χ2v) is 7.59. The fraction of sp³-hybridized carbons (Fsp3) is 0.250. The molecule has 0 saturated heterocycles. The van der Waals surface area contributed by atoms with E-state index in [0.717, 1.165) is 15.2 Å². The highest BCUT2D eigenvalue weighted by Crippen LogP contribution is 2.35. The van der Waals surface area contributed by atoms with E-state index in [2.05, 4.69) is 26.5 Å². The molecule has 3 aromatic rings. The predicted molar refractivity (Wildman–Crippen MR) is 128 cm³/mol. The number of carbonyl (C=O) groups excluding carboxylic acids is 1. The van der Waals surface area contributed by atoms with Crippen LogP contribution < -0.4 is 24.4 Å². The molecule has 0 spiro atoms. The maximum absolute atomic E-state index is 12.7. The van der Waals surface area contributed by atoms with E-state index >= 15 is 0 Å².